The van der Waals surface area contributed by atoms with Gasteiger partial charge < -0.3 is 0 Å². The molecule has 0 spiro atoms. The third-order valence-electron chi connectivity index (χ3n) is 6.80. The molecule has 0 N–H and O–H groups in total. The van der Waals surface area contributed by atoms with Crippen molar-refractivity contribution in [2.24, 2.45) is 23.7 Å². The molecule has 2 aliphatic carbocycles. The number of carbonyl (C=O) groups excluding carboxylic acids is 3. The Labute approximate surface area is 194 Å². The number of hydrogen-bond donors (Lipinski definition) is 0. The van der Waals surface area contributed by atoms with Crippen molar-refractivity contribution in [3.63, 3.8) is 0 Å². The van der Waals surface area contributed by atoms with Crippen LogP contribution in [-0.4, -0.2) is 27.7 Å². The van der Waals surface area contributed by atoms with E-state index in [-0.39, 0.29) is 52.6 Å². The SMILES string of the molecule is O=C(c1ccccc1Cl)N(Cc1ccc(Cl)c(Cl)c1)N1C(=O)[C@@H]2[C@H]3CC[C@@H](C3)[C@H]2C1=O. The number of amides is 3. The molecule has 1 heterocycles. The van der Waals surface area contributed by atoms with Crippen LogP contribution in [0.5, 0.6) is 0 Å². The van der Waals surface area contributed by atoms with Gasteiger partial charge in [0.2, 0.25) is 0 Å². The summed E-state index contributed by atoms with van der Waals surface area (Å²) < 4.78 is 0. The lowest BCUT2D eigenvalue weighted by Crippen LogP contribution is -2.50. The normalized spacial score (nSPS) is 26.5. The summed E-state index contributed by atoms with van der Waals surface area (Å²) in [4.78, 5) is 40.3. The van der Waals surface area contributed by atoms with Gasteiger partial charge in [0, 0.05) is 0 Å². The van der Waals surface area contributed by atoms with E-state index in [2.05, 4.69) is 0 Å². The first-order valence-corrected chi connectivity index (χ1v) is 11.4. The highest BCUT2D eigenvalue weighted by molar-refractivity contribution is 6.42. The van der Waals surface area contributed by atoms with Gasteiger partial charge in [-0.3, -0.25) is 14.4 Å². The molecule has 2 bridgehead atoms. The van der Waals surface area contributed by atoms with Crippen molar-refractivity contribution in [1.29, 1.82) is 0 Å². The first kappa shape index (κ1) is 20.8. The maximum Gasteiger partial charge on any atom is 0.274 e. The van der Waals surface area contributed by atoms with Gasteiger partial charge in [-0.2, -0.15) is 5.01 Å². The van der Waals surface area contributed by atoms with E-state index in [0.29, 0.717) is 15.6 Å². The zero-order valence-corrected chi connectivity index (χ0v) is 18.7. The minimum Gasteiger partial charge on any atom is -0.272 e. The molecule has 31 heavy (non-hydrogen) atoms. The summed E-state index contributed by atoms with van der Waals surface area (Å²) in [5.41, 5.74) is 0.875. The average molecular weight is 478 g/mol. The molecule has 8 heteroatoms. The Morgan fingerprint density at radius 1 is 0.903 bits per heavy atom. The Balaban J connectivity index is 1.54. The number of benzene rings is 2. The average Bonchev–Trinajstić information content (AvgIpc) is 3.43. The van der Waals surface area contributed by atoms with Crippen LogP contribution in [0.4, 0.5) is 0 Å². The lowest BCUT2D eigenvalue weighted by atomic mass is 9.81. The highest BCUT2D eigenvalue weighted by Crippen LogP contribution is 2.56. The van der Waals surface area contributed by atoms with Gasteiger partial charge in [0.15, 0.2) is 0 Å². The molecule has 0 aromatic heterocycles. The van der Waals surface area contributed by atoms with E-state index >= 15 is 0 Å². The molecule has 5 rings (SSSR count). The Kier molecular flexibility index (Phi) is 5.24. The third kappa shape index (κ3) is 3.34. The Hall–Kier alpha value is -2.08. The predicted octanol–water partition coefficient (Wildman–Crippen LogP) is 5.24. The van der Waals surface area contributed by atoms with Crippen molar-refractivity contribution >= 4 is 52.5 Å². The van der Waals surface area contributed by atoms with Crippen LogP contribution < -0.4 is 0 Å². The van der Waals surface area contributed by atoms with E-state index in [4.69, 9.17) is 34.8 Å². The Bertz CT molecular complexity index is 1080. The number of imide groups is 1. The maximum atomic E-state index is 13.5. The van der Waals surface area contributed by atoms with Crippen LogP contribution in [0.25, 0.3) is 0 Å². The van der Waals surface area contributed by atoms with Crippen LogP contribution in [0.2, 0.25) is 15.1 Å². The Morgan fingerprint density at radius 3 is 2.16 bits per heavy atom. The topological polar surface area (TPSA) is 57.7 Å². The summed E-state index contributed by atoms with van der Waals surface area (Å²) in [6, 6.07) is 11.6. The maximum absolute atomic E-state index is 13.5. The largest absolute Gasteiger partial charge is 0.274 e. The molecule has 0 unspecified atom stereocenters. The standard InChI is InChI=1S/C23H19Cl3N2O3/c24-16-4-2-1-3-15(16)21(29)27(11-12-5-8-17(25)18(26)9-12)28-22(30)19-13-6-7-14(10-13)20(19)23(28)31/h1-5,8-9,13-14,19-20H,6-7,10-11H2/t13-,14-,19+,20+/m0/s1. The van der Waals surface area contributed by atoms with Crippen molar-refractivity contribution in [3.8, 4) is 0 Å². The van der Waals surface area contributed by atoms with Crippen LogP contribution >= 0.6 is 34.8 Å². The number of nitrogens with zero attached hydrogens (tertiary/aromatic N) is 2. The second-order valence-electron chi connectivity index (χ2n) is 8.46. The molecule has 3 aliphatic rings. The van der Waals surface area contributed by atoms with Crippen LogP contribution in [0, 0.1) is 23.7 Å². The summed E-state index contributed by atoms with van der Waals surface area (Å²) in [6.07, 6.45) is 2.85. The summed E-state index contributed by atoms with van der Waals surface area (Å²) >= 11 is 18.5. The molecule has 5 nitrogen and oxygen atoms in total. The van der Waals surface area contributed by atoms with Gasteiger partial charge in [-0.25, -0.2) is 5.01 Å². The molecule has 3 fully saturated rings. The molecule has 3 amide bonds. The van der Waals surface area contributed by atoms with Crippen molar-refractivity contribution in [2.75, 3.05) is 0 Å². The zero-order valence-electron chi connectivity index (χ0n) is 16.4. The highest BCUT2D eigenvalue weighted by Gasteiger charge is 2.62. The second kappa shape index (κ2) is 7.80. The lowest BCUT2D eigenvalue weighted by molar-refractivity contribution is -0.156. The van der Waals surface area contributed by atoms with Gasteiger partial charge in [-0.15, -0.1) is 0 Å². The molecule has 2 aromatic carbocycles. The van der Waals surface area contributed by atoms with E-state index in [1.165, 1.54) is 5.01 Å². The minimum atomic E-state index is -0.509. The zero-order chi connectivity index (χ0) is 21.9. The smallest absolute Gasteiger partial charge is 0.272 e. The molecule has 1 saturated heterocycles. The summed E-state index contributed by atoms with van der Waals surface area (Å²) in [6.45, 7) is -0.00675. The quantitative estimate of drug-likeness (QED) is 0.566. The fraction of sp³-hybridized carbons (Fsp3) is 0.348. The number of halogens is 3. The number of rotatable bonds is 4. The molecule has 0 radical (unpaired) electrons. The van der Waals surface area contributed by atoms with Crippen molar-refractivity contribution in [1.82, 2.24) is 10.0 Å². The van der Waals surface area contributed by atoms with Crippen LogP contribution in [0.1, 0.15) is 35.2 Å². The Morgan fingerprint density at radius 2 is 1.55 bits per heavy atom. The number of fused-ring (bicyclic) bond motifs is 5. The van der Waals surface area contributed by atoms with Crippen LogP contribution in [-0.2, 0) is 16.1 Å². The van der Waals surface area contributed by atoms with E-state index < -0.39 is 5.91 Å². The van der Waals surface area contributed by atoms with Crippen molar-refractivity contribution < 1.29 is 14.4 Å². The van der Waals surface area contributed by atoms with E-state index in [1.54, 1.807) is 42.5 Å². The first-order chi connectivity index (χ1) is 14.9. The summed E-state index contributed by atoms with van der Waals surface area (Å²) in [7, 11) is 0. The monoisotopic (exact) mass is 476 g/mol. The van der Waals surface area contributed by atoms with Gasteiger partial charge in [0.05, 0.1) is 39.0 Å². The fourth-order valence-electron chi connectivity index (χ4n) is 5.45. The first-order valence-electron chi connectivity index (χ1n) is 10.2. The highest BCUT2D eigenvalue weighted by atomic mass is 35.5. The second-order valence-corrected chi connectivity index (χ2v) is 9.69. The molecule has 1 aliphatic heterocycles. The molecular formula is C23H19Cl3N2O3. The van der Waals surface area contributed by atoms with Gasteiger partial charge in [-0.1, -0.05) is 53.0 Å². The van der Waals surface area contributed by atoms with Gasteiger partial charge in [0.25, 0.3) is 17.7 Å². The predicted molar refractivity (Wildman–Crippen MR) is 117 cm³/mol. The van der Waals surface area contributed by atoms with E-state index in [0.717, 1.165) is 24.3 Å². The van der Waals surface area contributed by atoms with E-state index in [9.17, 15) is 14.4 Å². The molecule has 4 atom stereocenters. The summed E-state index contributed by atoms with van der Waals surface area (Å²) in [5.74, 6) is -1.31. The van der Waals surface area contributed by atoms with Crippen molar-refractivity contribution in [3.05, 3.63) is 68.7 Å². The fourth-order valence-corrected chi connectivity index (χ4v) is 5.99. The number of hydrogen-bond acceptors (Lipinski definition) is 3. The van der Waals surface area contributed by atoms with Gasteiger partial charge in [0.1, 0.15) is 0 Å². The number of hydrazine groups is 1. The van der Waals surface area contributed by atoms with Crippen LogP contribution in [0.15, 0.2) is 42.5 Å². The van der Waals surface area contributed by atoms with Crippen LogP contribution in [0.3, 0.4) is 0 Å². The lowest BCUT2D eigenvalue weighted by Gasteiger charge is -2.31. The van der Waals surface area contributed by atoms with Crippen molar-refractivity contribution in [2.45, 2.75) is 25.8 Å². The third-order valence-corrected chi connectivity index (χ3v) is 7.87. The van der Waals surface area contributed by atoms with Gasteiger partial charge >= 0.3 is 0 Å². The molecule has 160 valence electrons. The molecule has 2 saturated carbocycles. The molecule has 2 aromatic rings. The minimum absolute atomic E-state index is 0.00675. The summed E-state index contributed by atoms with van der Waals surface area (Å²) in [5, 5.41) is 3.25. The van der Waals surface area contributed by atoms with Gasteiger partial charge in [-0.05, 0) is 60.9 Å². The molecular weight excluding hydrogens is 459 g/mol. The number of carbonyl (C=O) groups is 3. The van der Waals surface area contributed by atoms with E-state index in [1.807, 2.05) is 0 Å².